The van der Waals surface area contributed by atoms with E-state index in [-0.39, 0.29) is 5.92 Å². The molecule has 2 aliphatic heterocycles. The zero-order valence-electron chi connectivity index (χ0n) is 15.9. The Labute approximate surface area is 165 Å². The molecule has 6 heteroatoms. The second-order valence-corrected chi connectivity index (χ2v) is 8.52. The number of amides is 1. The summed E-state index contributed by atoms with van der Waals surface area (Å²) in [5.41, 5.74) is 1.59. The summed E-state index contributed by atoms with van der Waals surface area (Å²) in [6.07, 6.45) is 4.88. The summed E-state index contributed by atoms with van der Waals surface area (Å²) < 4.78 is 5.92. The van der Waals surface area contributed by atoms with E-state index >= 15 is 0 Å². The second kappa shape index (κ2) is 8.19. The summed E-state index contributed by atoms with van der Waals surface area (Å²) in [4.78, 5) is 19.4. The molecule has 4 rings (SSSR count). The van der Waals surface area contributed by atoms with Crippen molar-refractivity contribution in [2.75, 3.05) is 26.2 Å². The number of hydrogen-bond acceptors (Lipinski definition) is 4. The maximum Gasteiger partial charge on any atom is 0.222 e. The Bertz CT molecular complexity index is 792. The first-order valence-electron chi connectivity index (χ1n) is 10.1. The number of carbonyl (C=O) groups is 1. The van der Waals surface area contributed by atoms with Crippen molar-refractivity contribution in [3.8, 4) is 0 Å². The third-order valence-electron chi connectivity index (χ3n) is 6.25. The molecule has 0 aliphatic carbocycles. The number of likely N-dealkylation sites (tertiary alicyclic amines) is 1. The van der Waals surface area contributed by atoms with Gasteiger partial charge in [0, 0.05) is 30.5 Å². The number of nitrogens with zero attached hydrogens (tertiary/aromatic N) is 2. The van der Waals surface area contributed by atoms with Gasteiger partial charge in [-0.05, 0) is 68.8 Å². The van der Waals surface area contributed by atoms with Crippen LogP contribution < -0.4 is 5.32 Å². The molecule has 1 aromatic heterocycles. The summed E-state index contributed by atoms with van der Waals surface area (Å²) in [5.74, 6) is 2.52. The maximum absolute atomic E-state index is 12.7. The number of oxazole rings is 1. The van der Waals surface area contributed by atoms with Crippen LogP contribution in [0.2, 0.25) is 5.02 Å². The molecular weight excluding hydrogens is 362 g/mol. The van der Waals surface area contributed by atoms with Crippen LogP contribution in [0.25, 0.3) is 11.1 Å². The third-order valence-corrected chi connectivity index (χ3v) is 6.48. The molecule has 2 aliphatic rings. The van der Waals surface area contributed by atoms with Gasteiger partial charge in [0.2, 0.25) is 5.91 Å². The van der Waals surface area contributed by atoms with Crippen molar-refractivity contribution in [2.45, 2.75) is 44.9 Å². The van der Waals surface area contributed by atoms with Crippen LogP contribution in [-0.2, 0) is 4.79 Å². The minimum absolute atomic E-state index is 0.280. The Balaban J connectivity index is 1.31. The molecule has 1 unspecified atom stereocenters. The average molecular weight is 390 g/mol. The van der Waals surface area contributed by atoms with Crippen LogP contribution in [0.1, 0.15) is 50.8 Å². The summed E-state index contributed by atoms with van der Waals surface area (Å²) in [5, 5.41) is 4.07. The monoisotopic (exact) mass is 389 g/mol. The van der Waals surface area contributed by atoms with Crippen molar-refractivity contribution < 1.29 is 9.21 Å². The number of benzene rings is 1. The highest BCUT2D eigenvalue weighted by molar-refractivity contribution is 6.31. The van der Waals surface area contributed by atoms with Crippen molar-refractivity contribution in [1.82, 2.24) is 15.2 Å². The molecule has 146 valence electrons. The Morgan fingerprint density at radius 2 is 2.04 bits per heavy atom. The summed E-state index contributed by atoms with van der Waals surface area (Å²) >= 11 is 6.04. The van der Waals surface area contributed by atoms with Gasteiger partial charge in [-0.25, -0.2) is 4.98 Å². The van der Waals surface area contributed by atoms with Gasteiger partial charge in [-0.15, -0.1) is 0 Å². The maximum atomic E-state index is 12.7. The van der Waals surface area contributed by atoms with Crippen molar-refractivity contribution in [2.24, 2.45) is 11.8 Å². The van der Waals surface area contributed by atoms with Crippen LogP contribution in [0, 0.1) is 11.8 Å². The van der Waals surface area contributed by atoms with Crippen LogP contribution in [0.4, 0.5) is 0 Å². The van der Waals surface area contributed by atoms with E-state index in [9.17, 15) is 4.79 Å². The standard InChI is InChI=1S/C21H28ClN3O2/c1-14(15-4-8-23-9-5-15)12-20(26)25-10-6-16(7-11-25)21-24-18-13-17(22)2-3-19(18)27-21/h2-3,13-16,23H,4-12H2,1H3. The summed E-state index contributed by atoms with van der Waals surface area (Å²) in [6, 6.07) is 5.53. The van der Waals surface area contributed by atoms with Gasteiger partial charge in [-0.3, -0.25) is 4.79 Å². The van der Waals surface area contributed by atoms with Crippen molar-refractivity contribution in [3.05, 3.63) is 29.1 Å². The predicted molar refractivity (Wildman–Crippen MR) is 107 cm³/mol. The van der Waals surface area contributed by atoms with Gasteiger partial charge in [-0.1, -0.05) is 18.5 Å². The number of aromatic nitrogens is 1. The first-order chi connectivity index (χ1) is 13.1. The lowest BCUT2D eigenvalue weighted by Crippen LogP contribution is -2.40. The van der Waals surface area contributed by atoms with Crippen LogP contribution in [0.3, 0.4) is 0 Å². The smallest absolute Gasteiger partial charge is 0.222 e. The lowest BCUT2D eigenvalue weighted by Gasteiger charge is -2.33. The molecular formula is C21H28ClN3O2. The molecule has 0 spiro atoms. The van der Waals surface area contributed by atoms with Crippen LogP contribution >= 0.6 is 11.6 Å². The molecule has 27 heavy (non-hydrogen) atoms. The predicted octanol–water partition coefficient (Wildman–Crippen LogP) is 4.21. The highest BCUT2D eigenvalue weighted by atomic mass is 35.5. The lowest BCUT2D eigenvalue weighted by atomic mass is 9.83. The molecule has 1 N–H and O–H groups in total. The minimum Gasteiger partial charge on any atom is -0.440 e. The molecule has 0 saturated carbocycles. The highest BCUT2D eigenvalue weighted by Crippen LogP contribution is 2.32. The topological polar surface area (TPSA) is 58.4 Å². The van der Waals surface area contributed by atoms with Crippen LogP contribution in [-0.4, -0.2) is 42.0 Å². The first-order valence-corrected chi connectivity index (χ1v) is 10.5. The minimum atomic E-state index is 0.280. The van der Waals surface area contributed by atoms with E-state index in [4.69, 9.17) is 16.0 Å². The quantitative estimate of drug-likeness (QED) is 0.850. The molecule has 0 bridgehead atoms. The Morgan fingerprint density at radius 1 is 1.30 bits per heavy atom. The molecule has 0 radical (unpaired) electrons. The zero-order valence-corrected chi connectivity index (χ0v) is 16.7. The molecule has 1 amide bonds. The lowest BCUT2D eigenvalue weighted by molar-refractivity contribution is -0.133. The Kier molecular flexibility index (Phi) is 5.69. The van der Waals surface area contributed by atoms with E-state index in [1.54, 1.807) is 0 Å². The first kappa shape index (κ1) is 18.8. The Morgan fingerprint density at radius 3 is 2.78 bits per heavy atom. The van der Waals surface area contributed by atoms with Gasteiger partial charge in [0.1, 0.15) is 5.52 Å². The third kappa shape index (κ3) is 4.30. The van der Waals surface area contributed by atoms with Crippen LogP contribution in [0.15, 0.2) is 22.6 Å². The van der Waals surface area contributed by atoms with Gasteiger partial charge in [0.25, 0.3) is 0 Å². The zero-order chi connectivity index (χ0) is 18.8. The highest BCUT2D eigenvalue weighted by Gasteiger charge is 2.29. The number of nitrogens with one attached hydrogen (secondary N) is 1. The van der Waals surface area contributed by atoms with Crippen molar-refractivity contribution in [1.29, 1.82) is 0 Å². The van der Waals surface area contributed by atoms with Gasteiger partial charge >= 0.3 is 0 Å². The van der Waals surface area contributed by atoms with E-state index in [0.717, 1.165) is 56.0 Å². The van der Waals surface area contributed by atoms with Gasteiger partial charge in [0.05, 0.1) is 0 Å². The fourth-order valence-electron chi connectivity index (χ4n) is 4.45. The van der Waals surface area contributed by atoms with Gasteiger partial charge < -0.3 is 14.6 Å². The van der Waals surface area contributed by atoms with E-state index < -0.39 is 0 Å². The molecule has 2 fully saturated rings. The molecule has 1 atom stereocenters. The van der Waals surface area contributed by atoms with Crippen LogP contribution in [0.5, 0.6) is 0 Å². The number of halogens is 1. The fourth-order valence-corrected chi connectivity index (χ4v) is 4.62. The summed E-state index contributed by atoms with van der Waals surface area (Å²) in [7, 11) is 0. The van der Waals surface area contributed by atoms with E-state index in [1.165, 1.54) is 12.8 Å². The molecule has 3 heterocycles. The number of fused-ring (bicyclic) bond motifs is 1. The second-order valence-electron chi connectivity index (χ2n) is 8.09. The van der Waals surface area contributed by atoms with Gasteiger partial charge in [0.15, 0.2) is 11.5 Å². The Hall–Kier alpha value is -1.59. The van der Waals surface area contributed by atoms with E-state index in [1.807, 2.05) is 23.1 Å². The summed E-state index contributed by atoms with van der Waals surface area (Å²) in [6.45, 7) is 6.00. The number of piperidine rings is 2. The number of carbonyl (C=O) groups excluding carboxylic acids is 1. The number of hydrogen-bond donors (Lipinski definition) is 1. The molecule has 2 saturated heterocycles. The average Bonchev–Trinajstić information content (AvgIpc) is 3.12. The molecule has 1 aromatic carbocycles. The SMILES string of the molecule is CC(CC(=O)N1CCC(c2nc3cc(Cl)ccc3o2)CC1)C1CCNCC1. The largest absolute Gasteiger partial charge is 0.440 e. The van der Waals surface area contributed by atoms with E-state index in [0.29, 0.717) is 29.2 Å². The van der Waals surface area contributed by atoms with Crippen molar-refractivity contribution >= 4 is 28.6 Å². The van der Waals surface area contributed by atoms with Crippen molar-refractivity contribution in [3.63, 3.8) is 0 Å². The molecule has 2 aromatic rings. The van der Waals surface area contributed by atoms with E-state index in [2.05, 4.69) is 17.2 Å². The number of rotatable bonds is 4. The normalized spacial score (nSPS) is 20.9. The molecule has 5 nitrogen and oxygen atoms in total. The van der Waals surface area contributed by atoms with Gasteiger partial charge in [-0.2, -0.15) is 0 Å². The fraction of sp³-hybridized carbons (Fsp3) is 0.619.